The van der Waals surface area contributed by atoms with E-state index in [0.717, 1.165) is 0 Å². The number of amides is 1. The second kappa shape index (κ2) is 8.97. The Hall–Kier alpha value is -1.31. The maximum Gasteiger partial charge on any atom is 0.243 e. The highest BCUT2D eigenvalue weighted by atomic mass is 127. The van der Waals surface area contributed by atoms with Gasteiger partial charge in [-0.1, -0.05) is 30.3 Å². The van der Waals surface area contributed by atoms with Gasteiger partial charge >= 0.3 is 0 Å². The lowest BCUT2D eigenvalue weighted by Gasteiger charge is -2.19. The van der Waals surface area contributed by atoms with Gasteiger partial charge in [-0.05, 0) is 25.3 Å². The summed E-state index contributed by atoms with van der Waals surface area (Å²) in [6, 6.07) is 10.8. The minimum Gasteiger partial charge on any atom is -0.354 e. The number of carbonyl (C=O) groups is 1. The van der Waals surface area contributed by atoms with Crippen LogP contribution in [0.25, 0.3) is 0 Å². The van der Waals surface area contributed by atoms with Crippen LogP contribution in [0.15, 0.2) is 35.3 Å². The largest absolute Gasteiger partial charge is 0.354 e. The number of carbonyl (C=O) groups excluding carboxylic acids is 1. The van der Waals surface area contributed by atoms with Crippen molar-refractivity contribution in [2.45, 2.75) is 31.8 Å². The third-order valence-electron chi connectivity index (χ3n) is 3.44. The van der Waals surface area contributed by atoms with Crippen LogP contribution in [0.5, 0.6) is 0 Å². The van der Waals surface area contributed by atoms with Crippen LogP contribution in [0.3, 0.4) is 0 Å². The summed E-state index contributed by atoms with van der Waals surface area (Å²) in [4.78, 5) is 17.6. The molecular weight excluding hydrogens is 391 g/mol. The number of rotatable bonds is 5. The molecular formula is C16H25IN4O. The number of hydrogen-bond donors (Lipinski definition) is 2. The quantitative estimate of drug-likeness (QED) is 0.440. The molecule has 1 atom stereocenters. The van der Waals surface area contributed by atoms with Gasteiger partial charge in [-0.3, -0.25) is 4.79 Å². The first kappa shape index (κ1) is 18.7. The van der Waals surface area contributed by atoms with Crippen molar-refractivity contribution in [2.24, 2.45) is 4.99 Å². The van der Waals surface area contributed by atoms with Crippen LogP contribution in [0.4, 0.5) is 0 Å². The number of halogens is 1. The summed E-state index contributed by atoms with van der Waals surface area (Å²) in [5, 5.41) is 6.72. The van der Waals surface area contributed by atoms with E-state index >= 15 is 0 Å². The smallest absolute Gasteiger partial charge is 0.243 e. The molecule has 1 saturated carbocycles. The van der Waals surface area contributed by atoms with E-state index in [2.05, 4.69) is 34.7 Å². The lowest BCUT2D eigenvalue weighted by atomic mass is 10.1. The van der Waals surface area contributed by atoms with E-state index in [1.807, 2.05) is 18.2 Å². The van der Waals surface area contributed by atoms with Crippen molar-refractivity contribution >= 4 is 35.8 Å². The Morgan fingerprint density at radius 1 is 1.32 bits per heavy atom. The van der Waals surface area contributed by atoms with E-state index in [1.54, 1.807) is 19.0 Å². The van der Waals surface area contributed by atoms with Gasteiger partial charge in [-0.15, -0.1) is 24.0 Å². The van der Waals surface area contributed by atoms with Gasteiger partial charge < -0.3 is 15.5 Å². The van der Waals surface area contributed by atoms with Gasteiger partial charge in [0.25, 0.3) is 0 Å². The number of nitrogens with zero attached hydrogens (tertiary/aromatic N) is 2. The molecule has 2 N–H and O–H groups in total. The average Bonchev–Trinajstić information content (AvgIpc) is 3.29. The molecule has 1 aromatic rings. The highest BCUT2D eigenvalue weighted by Crippen LogP contribution is 2.19. The molecule has 0 aliphatic heterocycles. The Kier molecular flexibility index (Phi) is 7.64. The lowest BCUT2D eigenvalue weighted by molar-refractivity contribution is -0.127. The molecule has 2 rings (SSSR count). The van der Waals surface area contributed by atoms with Crippen LogP contribution >= 0.6 is 24.0 Å². The minimum absolute atomic E-state index is 0. The number of benzene rings is 1. The molecule has 1 amide bonds. The van der Waals surface area contributed by atoms with Crippen molar-refractivity contribution in [3.63, 3.8) is 0 Å². The Labute approximate surface area is 149 Å². The van der Waals surface area contributed by atoms with Gasteiger partial charge in [0.15, 0.2) is 5.96 Å². The molecule has 1 fully saturated rings. The predicted molar refractivity (Wildman–Crippen MR) is 101 cm³/mol. The van der Waals surface area contributed by atoms with E-state index < -0.39 is 0 Å². The van der Waals surface area contributed by atoms with E-state index in [4.69, 9.17) is 0 Å². The monoisotopic (exact) mass is 416 g/mol. The molecule has 0 saturated heterocycles. The standard InChI is InChI=1S/C16H24N4O.HI/c1-12(13-7-5-4-6-8-13)18-16(19-14-9-10-14)17-11-15(21)20(2)3;/h4-8,12,14H,9-11H2,1-3H3,(H2,17,18,19);1H. The first-order chi connectivity index (χ1) is 10.1. The third-order valence-corrected chi connectivity index (χ3v) is 3.44. The summed E-state index contributed by atoms with van der Waals surface area (Å²) < 4.78 is 0. The fourth-order valence-electron chi connectivity index (χ4n) is 1.87. The Balaban J connectivity index is 0.00000242. The molecule has 0 heterocycles. The van der Waals surface area contributed by atoms with E-state index in [-0.39, 0.29) is 42.5 Å². The van der Waals surface area contributed by atoms with Gasteiger partial charge in [-0.25, -0.2) is 4.99 Å². The molecule has 1 aliphatic rings. The predicted octanol–water partition coefficient (Wildman–Crippen LogP) is 2.15. The third kappa shape index (κ3) is 6.21. The van der Waals surface area contributed by atoms with E-state index in [0.29, 0.717) is 12.0 Å². The molecule has 1 unspecified atom stereocenters. The van der Waals surface area contributed by atoms with Gasteiger partial charge in [0, 0.05) is 20.1 Å². The summed E-state index contributed by atoms with van der Waals surface area (Å²) in [6.07, 6.45) is 2.34. The maximum atomic E-state index is 11.7. The number of nitrogens with one attached hydrogen (secondary N) is 2. The summed E-state index contributed by atoms with van der Waals surface area (Å²) in [5.74, 6) is 0.711. The summed E-state index contributed by atoms with van der Waals surface area (Å²) >= 11 is 0. The van der Waals surface area contributed by atoms with Crippen molar-refractivity contribution in [2.75, 3.05) is 20.6 Å². The number of hydrogen-bond acceptors (Lipinski definition) is 2. The van der Waals surface area contributed by atoms with Gasteiger partial charge in [0.2, 0.25) is 5.91 Å². The molecule has 5 nitrogen and oxygen atoms in total. The van der Waals surface area contributed by atoms with Crippen LogP contribution in [0.1, 0.15) is 31.4 Å². The molecule has 0 radical (unpaired) electrons. The Morgan fingerprint density at radius 2 is 1.95 bits per heavy atom. The first-order valence-electron chi connectivity index (χ1n) is 7.39. The van der Waals surface area contributed by atoms with Crippen LogP contribution < -0.4 is 10.6 Å². The van der Waals surface area contributed by atoms with Crippen LogP contribution in [0, 0.1) is 0 Å². The number of likely N-dealkylation sites (N-methyl/N-ethyl adjacent to an activating group) is 1. The fourth-order valence-corrected chi connectivity index (χ4v) is 1.87. The topological polar surface area (TPSA) is 56.7 Å². The molecule has 122 valence electrons. The first-order valence-corrected chi connectivity index (χ1v) is 7.39. The van der Waals surface area contributed by atoms with Crippen LogP contribution in [-0.2, 0) is 4.79 Å². The number of guanidine groups is 1. The van der Waals surface area contributed by atoms with Gasteiger partial charge in [0.1, 0.15) is 6.54 Å². The second-order valence-electron chi connectivity index (χ2n) is 5.65. The minimum atomic E-state index is -0.000684. The van der Waals surface area contributed by atoms with Crippen molar-refractivity contribution < 1.29 is 4.79 Å². The highest BCUT2D eigenvalue weighted by Gasteiger charge is 2.23. The highest BCUT2D eigenvalue weighted by molar-refractivity contribution is 14.0. The summed E-state index contributed by atoms with van der Waals surface area (Å²) in [5.41, 5.74) is 1.20. The summed E-state index contributed by atoms with van der Waals surface area (Å²) in [6.45, 7) is 2.25. The SMILES string of the molecule is CC(NC(=NCC(=O)N(C)C)NC1CC1)c1ccccc1.I. The van der Waals surface area contributed by atoms with Crippen molar-refractivity contribution in [3.8, 4) is 0 Å². The normalized spacial score (nSPS) is 15.5. The van der Waals surface area contributed by atoms with Crippen LogP contribution in [0.2, 0.25) is 0 Å². The lowest BCUT2D eigenvalue weighted by Crippen LogP contribution is -2.40. The molecule has 0 bridgehead atoms. The Morgan fingerprint density at radius 3 is 2.50 bits per heavy atom. The fraction of sp³-hybridized carbons (Fsp3) is 0.500. The molecule has 1 aliphatic carbocycles. The number of aliphatic imine (C=N–C) groups is 1. The van der Waals surface area contributed by atoms with Gasteiger partial charge in [-0.2, -0.15) is 0 Å². The maximum absolute atomic E-state index is 11.7. The van der Waals surface area contributed by atoms with Crippen molar-refractivity contribution in [1.82, 2.24) is 15.5 Å². The molecule has 6 heteroatoms. The van der Waals surface area contributed by atoms with E-state index in [1.165, 1.54) is 18.4 Å². The van der Waals surface area contributed by atoms with Gasteiger partial charge in [0.05, 0.1) is 6.04 Å². The van der Waals surface area contributed by atoms with Crippen LogP contribution in [-0.4, -0.2) is 43.4 Å². The Bertz CT molecular complexity index is 500. The van der Waals surface area contributed by atoms with E-state index in [9.17, 15) is 4.79 Å². The molecule has 0 aromatic heterocycles. The zero-order chi connectivity index (χ0) is 15.2. The second-order valence-corrected chi connectivity index (χ2v) is 5.65. The van der Waals surface area contributed by atoms with Crippen molar-refractivity contribution in [3.05, 3.63) is 35.9 Å². The molecule has 22 heavy (non-hydrogen) atoms. The molecule has 0 spiro atoms. The average molecular weight is 416 g/mol. The zero-order valence-electron chi connectivity index (χ0n) is 13.4. The molecule has 1 aromatic carbocycles. The zero-order valence-corrected chi connectivity index (χ0v) is 15.7. The summed E-state index contributed by atoms with van der Waals surface area (Å²) in [7, 11) is 3.48. The van der Waals surface area contributed by atoms with Crippen molar-refractivity contribution in [1.29, 1.82) is 0 Å².